The summed E-state index contributed by atoms with van der Waals surface area (Å²) in [5.41, 5.74) is 1.74. The molecule has 32 heavy (non-hydrogen) atoms. The van der Waals surface area contributed by atoms with Gasteiger partial charge in [0.2, 0.25) is 0 Å². The van der Waals surface area contributed by atoms with Crippen LogP contribution in [0.2, 0.25) is 5.02 Å². The zero-order valence-corrected chi connectivity index (χ0v) is 18.9. The number of halogens is 3. The van der Waals surface area contributed by atoms with Crippen LogP contribution in [0.1, 0.15) is 48.3 Å². The number of alkyl halides is 2. The Kier molecular flexibility index (Phi) is 6.74. The molecule has 0 N–H and O–H groups in total. The zero-order chi connectivity index (χ0) is 23.7. The lowest BCUT2D eigenvalue weighted by Gasteiger charge is -2.16. The fourth-order valence-corrected chi connectivity index (χ4v) is 4.00. The van der Waals surface area contributed by atoms with Crippen molar-refractivity contribution in [1.82, 2.24) is 4.57 Å². The van der Waals surface area contributed by atoms with Gasteiger partial charge < -0.3 is 14.2 Å². The summed E-state index contributed by atoms with van der Waals surface area (Å²) in [7, 11) is 1.49. The maximum atomic E-state index is 13.4. The predicted octanol–water partition coefficient (Wildman–Crippen LogP) is 5.95. The van der Waals surface area contributed by atoms with Crippen molar-refractivity contribution in [2.75, 3.05) is 7.11 Å². The van der Waals surface area contributed by atoms with Crippen LogP contribution in [-0.2, 0) is 4.79 Å². The minimum atomic E-state index is -2.97. The highest BCUT2D eigenvalue weighted by molar-refractivity contribution is 6.33. The van der Waals surface area contributed by atoms with Gasteiger partial charge in [0.15, 0.2) is 5.75 Å². The van der Waals surface area contributed by atoms with Gasteiger partial charge in [0, 0.05) is 18.1 Å². The number of carbonyl (C=O) groups excluding carboxylic acids is 2. The van der Waals surface area contributed by atoms with E-state index in [9.17, 15) is 18.4 Å². The first-order chi connectivity index (χ1) is 15.1. The van der Waals surface area contributed by atoms with Crippen LogP contribution < -0.4 is 14.2 Å². The van der Waals surface area contributed by atoms with Crippen molar-refractivity contribution in [3.8, 4) is 17.2 Å². The molecule has 0 aliphatic carbocycles. The minimum Gasteiger partial charge on any atom is -0.495 e. The number of ether oxygens (including phenoxy) is 3. The third kappa shape index (κ3) is 4.27. The van der Waals surface area contributed by atoms with Crippen LogP contribution in [0.25, 0.3) is 10.9 Å². The van der Waals surface area contributed by atoms with Crippen LogP contribution >= 0.6 is 11.6 Å². The molecule has 0 aliphatic rings. The van der Waals surface area contributed by atoms with E-state index in [0.717, 1.165) is 0 Å². The number of methoxy groups -OCH3 is 1. The monoisotopic (exact) mass is 465 g/mol. The Bertz CT molecular complexity index is 1190. The Morgan fingerprint density at radius 1 is 1.09 bits per heavy atom. The Morgan fingerprint density at radius 3 is 2.22 bits per heavy atom. The van der Waals surface area contributed by atoms with Gasteiger partial charge in [0.05, 0.1) is 28.7 Å². The topological polar surface area (TPSA) is 66.8 Å². The summed E-state index contributed by atoms with van der Waals surface area (Å²) in [6, 6.07) is 6.90. The molecule has 9 heteroatoms. The van der Waals surface area contributed by atoms with Gasteiger partial charge in [-0.1, -0.05) is 25.4 Å². The van der Waals surface area contributed by atoms with Crippen molar-refractivity contribution in [1.29, 1.82) is 0 Å². The third-order valence-corrected chi connectivity index (χ3v) is 5.22. The first-order valence-corrected chi connectivity index (χ1v) is 10.1. The molecule has 0 saturated carbocycles. The first-order valence-electron chi connectivity index (χ1n) is 9.76. The van der Waals surface area contributed by atoms with Crippen molar-refractivity contribution < 1.29 is 32.6 Å². The Labute approximate surface area is 188 Å². The number of carbonyl (C=O) groups is 2. The molecular weight excluding hydrogens is 444 g/mol. The predicted molar refractivity (Wildman–Crippen MR) is 116 cm³/mol. The number of benzene rings is 2. The van der Waals surface area contributed by atoms with Crippen LogP contribution in [0.5, 0.6) is 17.2 Å². The lowest BCUT2D eigenvalue weighted by Crippen LogP contribution is -2.14. The molecule has 1 heterocycles. The SMILES string of the molecule is COc1c(Cl)cc2c(c(OC(C)=O)c(C)n2C(=O)c2ccc(OC(F)F)cc2)c1C(C)C. The summed E-state index contributed by atoms with van der Waals surface area (Å²) < 4.78 is 41.6. The van der Waals surface area contributed by atoms with Gasteiger partial charge in [-0.05, 0) is 43.2 Å². The number of fused-ring (bicyclic) bond motifs is 1. The van der Waals surface area contributed by atoms with Crippen LogP contribution in [-0.4, -0.2) is 30.2 Å². The van der Waals surface area contributed by atoms with Crippen molar-refractivity contribution in [3.63, 3.8) is 0 Å². The van der Waals surface area contributed by atoms with E-state index in [1.807, 2.05) is 13.8 Å². The molecule has 0 spiro atoms. The molecule has 0 amide bonds. The van der Waals surface area contributed by atoms with Gasteiger partial charge in [0.25, 0.3) is 5.91 Å². The number of hydrogen-bond acceptors (Lipinski definition) is 5. The highest BCUT2D eigenvalue weighted by atomic mass is 35.5. The third-order valence-electron chi connectivity index (χ3n) is 4.94. The van der Waals surface area contributed by atoms with Crippen LogP contribution in [0.3, 0.4) is 0 Å². The van der Waals surface area contributed by atoms with Gasteiger partial charge in [-0.15, -0.1) is 0 Å². The summed E-state index contributed by atoms with van der Waals surface area (Å²) in [5.74, 6) is -0.474. The smallest absolute Gasteiger partial charge is 0.387 e. The van der Waals surface area contributed by atoms with Gasteiger partial charge in [-0.3, -0.25) is 14.2 Å². The standard InChI is InChI=1S/C23H22ClF2NO5/c1-11(2)18-19-17(10-16(24)21(18)30-5)27(12(3)20(19)31-13(4)28)22(29)14-6-8-15(9-7-14)32-23(25)26/h6-11,23H,1-5H3. The molecule has 0 unspecified atom stereocenters. The fourth-order valence-electron chi connectivity index (χ4n) is 3.71. The lowest BCUT2D eigenvalue weighted by molar-refractivity contribution is -0.131. The molecule has 2 aromatic carbocycles. The number of aromatic nitrogens is 1. The maximum absolute atomic E-state index is 13.4. The number of hydrogen-bond donors (Lipinski definition) is 0. The molecule has 0 aliphatic heterocycles. The van der Waals surface area contributed by atoms with Gasteiger partial charge >= 0.3 is 12.6 Å². The first kappa shape index (κ1) is 23.5. The van der Waals surface area contributed by atoms with E-state index in [2.05, 4.69) is 4.74 Å². The molecule has 3 rings (SSSR count). The summed E-state index contributed by atoms with van der Waals surface area (Å²) in [4.78, 5) is 25.3. The molecule has 0 radical (unpaired) electrons. The van der Waals surface area contributed by atoms with Crippen molar-refractivity contribution in [2.45, 2.75) is 40.2 Å². The minimum absolute atomic E-state index is 0.0684. The molecule has 0 saturated heterocycles. The van der Waals surface area contributed by atoms with E-state index in [4.69, 9.17) is 21.1 Å². The Hall–Kier alpha value is -3.13. The van der Waals surface area contributed by atoms with Crippen LogP contribution in [0, 0.1) is 6.92 Å². The maximum Gasteiger partial charge on any atom is 0.387 e. The highest BCUT2D eigenvalue weighted by Crippen LogP contribution is 2.46. The molecule has 6 nitrogen and oxygen atoms in total. The van der Waals surface area contributed by atoms with Gasteiger partial charge in [0.1, 0.15) is 11.5 Å². The lowest BCUT2D eigenvalue weighted by atomic mass is 9.97. The molecule has 0 fully saturated rings. The summed E-state index contributed by atoms with van der Waals surface area (Å²) >= 11 is 6.47. The number of rotatable bonds is 6. The van der Waals surface area contributed by atoms with E-state index in [1.54, 1.807) is 13.0 Å². The Balaban J connectivity index is 2.28. The number of nitrogens with zero attached hydrogens (tertiary/aromatic N) is 1. The molecule has 0 bridgehead atoms. The average Bonchev–Trinajstić information content (AvgIpc) is 2.96. The largest absolute Gasteiger partial charge is 0.495 e. The quantitative estimate of drug-likeness (QED) is 0.421. The molecule has 0 atom stereocenters. The number of esters is 1. The van der Waals surface area contributed by atoms with Crippen LogP contribution in [0.15, 0.2) is 30.3 Å². The van der Waals surface area contributed by atoms with E-state index in [-0.39, 0.29) is 23.0 Å². The van der Waals surface area contributed by atoms with Crippen molar-refractivity contribution >= 4 is 34.4 Å². The van der Waals surface area contributed by atoms with E-state index < -0.39 is 18.5 Å². The normalized spacial score (nSPS) is 11.3. The fraction of sp³-hybridized carbons (Fsp3) is 0.304. The van der Waals surface area contributed by atoms with E-state index in [1.165, 1.54) is 42.9 Å². The second-order valence-electron chi connectivity index (χ2n) is 7.41. The van der Waals surface area contributed by atoms with Crippen molar-refractivity contribution in [2.24, 2.45) is 0 Å². The van der Waals surface area contributed by atoms with Gasteiger partial charge in [-0.25, -0.2) is 0 Å². The van der Waals surface area contributed by atoms with E-state index >= 15 is 0 Å². The van der Waals surface area contributed by atoms with Crippen LogP contribution in [0.4, 0.5) is 8.78 Å². The molecule has 3 aromatic rings. The van der Waals surface area contributed by atoms with E-state index in [0.29, 0.717) is 32.9 Å². The van der Waals surface area contributed by atoms with Crippen molar-refractivity contribution in [3.05, 3.63) is 52.2 Å². The zero-order valence-electron chi connectivity index (χ0n) is 18.2. The molecule has 170 valence electrons. The second-order valence-corrected chi connectivity index (χ2v) is 7.81. The summed E-state index contributed by atoms with van der Waals surface area (Å²) in [5, 5.41) is 0.838. The summed E-state index contributed by atoms with van der Waals surface area (Å²) in [6.45, 7) is 3.82. The highest BCUT2D eigenvalue weighted by Gasteiger charge is 2.28. The summed E-state index contributed by atoms with van der Waals surface area (Å²) in [6.07, 6.45) is 0. The molecular formula is C23H22ClF2NO5. The van der Waals surface area contributed by atoms with Gasteiger partial charge in [-0.2, -0.15) is 8.78 Å². The average molecular weight is 466 g/mol. The molecule has 1 aromatic heterocycles. The second kappa shape index (κ2) is 9.16. The Morgan fingerprint density at radius 2 is 1.72 bits per heavy atom.